The lowest BCUT2D eigenvalue weighted by molar-refractivity contribution is -0.0532. The van der Waals surface area contributed by atoms with Gasteiger partial charge in [-0.25, -0.2) is 0 Å². The van der Waals surface area contributed by atoms with Crippen LogP contribution < -0.4 is 10.1 Å². The zero-order chi connectivity index (χ0) is 15.7. The minimum absolute atomic E-state index is 0.338. The lowest BCUT2D eigenvalue weighted by Crippen LogP contribution is -2.50. The monoisotopic (exact) mass is 294 g/mol. The maximum absolute atomic E-state index is 10.7. The molecule has 4 heteroatoms. The number of fused-ring (bicyclic) bond motifs is 1. The quantitative estimate of drug-likeness (QED) is 0.892. The number of hydrogen-bond donors (Lipinski definition) is 2. The number of ether oxygens (including phenoxy) is 1. The van der Waals surface area contributed by atoms with E-state index in [-0.39, 0.29) is 6.04 Å². The summed E-state index contributed by atoms with van der Waals surface area (Å²) in [7, 11) is 0. The summed E-state index contributed by atoms with van der Waals surface area (Å²) in [5, 5.41) is 23.2. The number of rotatable bonds is 2. The van der Waals surface area contributed by atoms with Gasteiger partial charge in [0.2, 0.25) is 0 Å². The Morgan fingerprint density at radius 2 is 1.91 bits per heavy atom. The van der Waals surface area contributed by atoms with Crippen molar-refractivity contribution < 1.29 is 9.84 Å². The van der Waals surface area contributed by atoms with Crippen molar-refractivity contribution in [1.82, 2.24) is 0 Å². The van der Waals surface area contributed by atoms with Crippen LogP contribution in [0.15, 0.2) is 48.5 Å². The molecule has 0 saturated heterocycles. The number of aliphatic hydroxyl groups excluding tert-OH is 1. The largest absolute Gasteiger partial charge is 0.485 e. The van der Waals surface area contributed by atoms with Gasteiger partial charge in [-0.15, -0.1) is 0 Å². The molecular weight excluding hydrogens is 276 g/mol. The van der Waals surface area contributed by atoms with Crippen molar-refractivity contribution in [3.63, 3.8) is 0 Å². The summed E-state index contributed by atoms with van der Waals surface area (Å²) in [6, 6.07) is 16.8. The summed E-state index contributed by atoms with van der Waals surface area (Å²) in [6.07, 6.45) is -0.742. The van der Waals surface area contributed by atoms with Crippen LogP contribution in [0.4, 0.5) is 5.69 Å². The lowest BCUT2D eigenvalue weighted by Gasteiger charge is -2.42. The summed E-state index contributed by atoms with van der Waals surface area (Å²) in [5.41, 5.74) is 1.55. The average molecular weight is 294 g/mol. The van der Waals surface area contributed by atoms with E-state index < -0.39 is 11.7 Å². The van der Waals surface area contributed by atoms with E-state index in [1.807, 2.05) is 44.2 Å². The van der Waals surface area contributed by atoms with Crippen LogP contribution in [0.2, 0.25) is 0 Å². The first kappa shape index (κ1) is 14.4. The summed E-state index contributed by atoms with van der Waals surface area (Å²) < 4.78 is 5.90. The topological polar surface area (TPSA) is 65.3 Å². The summed E-state index contributed by atoms with van der Waals surface area (Å²) in [4.78, 5) is 0. The fourth-order valence-electron chi connectivity index (χ4n) is 2.74. The highest BCUT2D eigenvalue weighted by Gasteiger charge is 2.43. The molecule has 0 bridgehead atoms. The molecule has 22 heavy (non-hydrogen) atoms. The third-order valence-corrected chi connectivity index (χ3v) is 3.97. The summed E-state index contributed by atoms with van der Waals surface area (Å²) >= 11 is 0. The zero-order valence-electron chi connectivity index (χ0n) is 12.6. The van der Waals surface area contributed by atoms with Gasteiger partial charge >= 0.3 is 0 Å². The molecule has 0 saturated carbocycles. The van der Waals surface area contributed by atoms with Gasteiger partial charge in [-0.1, -0.05) is 18.2 Å². The second kappa shape index (κ2) is 5.36. The summed E-state index contributed by atoms with van der Waals surface area (Å²) in [6.45, 7) is 3.72. The van der Waals surface area contributed by atoms with E-state index in [4.69, 9.17) is 10.00 Å². The number of para-hydroxylation sites is 1. The van der Waals surface area contributed by atoms with Crippen LogP contribution in [0.25, 0.3) is 0 Å². The highest BCUT2D eigenvalue weighted by molar-refractivity contribution is 5.52. The predicted octanol–water partition coefficient (Wildman–Crippen LogP) is 3.24. The van der Waals surface area contributed by atoms with Gasteiger partial charge < -0.3 is 15.2 Å². The Kier molecular flexibility index (Phi) is 3.51. The van der Waals surface area contributed by atoms with Crippen LogP contribution in [0.3, 0.4) is 0 Å². The van der Waals surface area contributed by atoms with E-state index in [0.29, 0.717) is 11.3 Å². The molecule has 2 N–H and O–H groups in total. The molecule has 0 amide bonds. The molecule has 3 rings (SSSR count). The van der Waals surface area contributed by atoms with Crippen LogP contribution in [-0.2, 0) is 0 Å². The smallest absolute Gasteiger partial charge is 0.132 e. The SMILES string of the molecule is CC1(C)Oc2ccc(C#N)cc2[C@H](Nc2ccccc2)[C@@H]1O. The van der Waals surface area contributed by atoms with Gasteiger partial charge in [0.1, 0.15) is 17.5 Å². The van der Waals surface area contributed by atoms with E-state index in [1.54, 1.807) is 18.2 Å². The third-order valence-electron chi connectivity index (χ3n) is 3.97. The van der Waals surface area contributed by atoms with E-state index in [0.717, 1.165) is 11.3 Å². The van der Waals surface area contributed by atoms with Crippen molar-refractivity contribution in [2.45, 2.75) is 31.6 Å². The Balaban J connectivity index is 2.05. The van der Waals surface area contributed by atoms with E-state index >= 15 is 0 Å². The fraction of sp³-hybridized carbons (Fsp3) is 0.278. The van der Waals surface area contributed by atoms with Crippen LogP contribution in [0.5, 0.6) is 5.75 Å². The number of nitrogens with one attached hydrogen (secondary N) is 1. The molecular formula is C18H18N2O2. The van der Waals surface area contributed by atoms with Crippen LogP contribution in [0.1, 0.15) is 31.0 Å². The number of nitriles is 1. The van der Waals surface area contributed by atoms with Crippen molar-refractivity contribution in [3.05, 3.63) is 59.7 Å². The van der Waals surface area contributed by atoms with Gasteiger partial charge in [0, 0.05) is 11.3 Å². The second-order valence-corrected chi connectivity index (χ2v) is 6.00. The molecule has 0 aromatic heterocycles. The Morgan fingerprint density at radius 1 is 1.18 bits per heavy atom. The second-order valence-electron chi connectivity index (χ2n) is 6.00. The molecule has 112 valence electrons. The Hall–Kier alpha value is -2.51. The first-order valence-electron chi connectivity index (χ1n) is 7.24. The Labute approximate surface area is 130 Å². The van der Waals surface area contributed by atoms with E-state index in [9.17, 15) is 5.11 Å². The third kappa shape index (κ3) is 2.51. The minimum Gasteiger partial charge on any atom is -0.485 e. The number of hydrogen-bond acceptors (Lipinski definition) is 4. The van der Waals surface area contributed by atoms with Gasteiger partial charge in [0.25, 0.3) is 0 Å². The maximum atomic E-state index is 10.7. The van der Waals surface area contributed by atoms with Crippen molar-refractivity contribution in [2.24, 2.45) is 0 Å². The van der Waals surface area contributed by atoms with Gasteiger partial charge in [0.05, 0.1) is 17.7 Å². The molecule has 0 unspecified atom stereocenters. The van der Waals surface area contributed by atoms with Gasteiger partial charge in [-0.05, 0) is 44.2 Å². The highest BCUT2D eigenvalue weighted by Crippen LogP contribution is 2.41. The molecule has 1 aliphatic rings. The number of aliphatic hydroxyl groups is 1. The van der Waals surface area contributed by atoms with Crippen LogP contribution in [-0.4, -0.2) is 16.8 Å². The van der Waals surface area contributed by atoms with Crippen LogP contribution >= 0.6 is 0 Å². The van der Waals surface area contributed by atoms with Crippen molar-refractivity contribution in [1.29, 1.82) is 5.26 Å². The minimum atomic E-state index is -0.742. The van der Waals surface area contributed by atoms with Gasteiger partial charge in [0.15, 0.2) is 0 Å². The molecule has 2 aromatic rings. The predicted molar refractivity (Wildman–Crippen MR) is 84.7 cm³/mol. The molecule has 0 aliphatic carbocycles. The molecule has 0 fully saturated rings. The lowest BCUT2D eigenvalue weighted by atomic mass is 9.86. The summed E-state index contributed by atoms with van der Waals surface area (Å²) in [5.74, 6) is 0.697. The Bertz CT molecular complexity index is 720. The van der Waals surface area contributed by atoms with Crippen molar-refractivity contribution >= 4 is 5.69 Å². The highest BCUT2D eigenvalue weighted by atomic mass is 16.5. The molecule has 1 aliphatic heterocycles. The molecule has 4 nitrogen and oxygen atoms in total. The van der Waals surface area contributed by atoms with Gasteiger partial charge in [-0.2, -0.15) is 5.26 Å². The van der Waals surface area contributed by atoms with Crippen molar-refractivity contribution in [3.8, 4) is 11.8 Å². The standard InChI is InChI=1S/C18H18N2O2/c1-18(2)17(21)16(20-13-6-4-3-5-7-13)14-10-12(11-19)8-9-15(14)22-18/h3-10,16-17,20-21H,1-2H3/t16-,17-/m0/s1. The molecule has 2 aromatic carbocycles. The van der Waals surface area contributed by atoms with Crippen LogP contribution in [0, 0.1) is 11.3 Å². The Morgan fingerprint density at radius 3 is 2.59 bits per heavy atom. The average Bonchev–Trinajstić information content (AvgIpc) is 2.52. The normalized spacial score (nSPS) is 22.1. The molecule has 2 atom stereocenters. The van der Waals surface area contributed by atoms with E-state index in [2.05, 4.69) is 11.4 Å². The van der Waals surface area contributed by atoms with Crippen molar-refractivity contribution in [2.75, 3.05) is 5.32 Å². The van der Waals surface area contributed by atoms with Gasteiger partial charge in [-0.3, -0.25) is 0 Å². The number of nitrogens with zero attached hydrogens (tertiary/aromatic N) is 1. The molecule has 0 spiro atoms. The van der Waals surface area contributed by atoms with E-state index in [1.165, 1.54) is 0 Å². The molecule has 0 radical (unpaired) electrons. The number of benzene rings is 2. The maximum Gasteiger partial charge on any atom is 0.132 e. The first-order valence-corrected chi connectivity index (χ1v) is 7.24. The zero-order valence-corrected chi connectivity index (χ0v) is 12.6. The molecule has 1 heterocycles. The number of anilines is 1. The fourth-order valence-corrected chi connectivity index (χ4v) is 2.74. The first-order chi connectivity index (χ1) is 10.5.